The maximum atomic E-state index is 13.2. The lowest BCUT2D eigenvalue weighted by Gasteiger charge is -2.42. The van der Waals surface area contributed by atoms with Gasteiger partial charge in [-0.1, -0.05) is 6.92 Å². The Bertz CT molecular complexity index is 816. The van der Waals surface area contributed by atoms with Crippen molar-refractivity contribution in [2.75, 3.05) is 19.6 Å². The number of hydrogen-bond donors (Lipinski definition) is 4. The minimum absolute atomic E-state index is 0.0363. The molecule has 2 aromatic rings. The van der Waals surface area contributed by atoms with Crippen LogP contribution in [0.25, 0.3) is 10.9 Å². The minimum atomic E-state index is -0.828. The zero-order valence-electron chi connectivity index (χ0n) is 15.3. The number of fused-ring (bicyclic) bond motifs is 1. The molecule has 1 aliphatic rings. The molecule has 1 aromatic heterocycles. The van der Waals surface area contributed by atoms with E-state index in [4.69, 9.17) is 5.11 Å². The maximum Gasteiger partial charge on any atom is 0.317 e. The number of urea groups is 1. The molecule has 1 heterocycles. The van der Waals surface area contributed by atoms with Crippen molar-refractivity contribution in [1.29, 1.82) is 0 Å². The number of carboxylic acid groups (broad SMARTS) is 1. The van der Waals surface area contributed by atoms with Crippen LogP contribution in [0.4, 0.5) is 9.18 Å². The fourth-order valence-corrected chi connectivity index (χ4v) is 3.59. The molecule has 0 aliphatic heterocycles. The van der Waals surface area contributed by atoms with E-state index in [0.717, 1.165) is 29.3 Å². The van der Waals surface area contributed by atoms with Crippen molar-refractivity contribution in [1.82, 2.24) is 20.5 Å². The molecule has 1 aromatic carbocycles. The zero-order valence-corrected chi connectivity index (χ0v) is 15.3. The molecule has 1 aliphatic carbocycles. The molecule has 0 atom stereocenters. The Kier molecular flexibility index (Phi) is 5.95. The number of aromatic nitrogens is 1. The Morgan fingerprint density at radius 2 is 2.15 bits per heavy atom. The summed E-state index contributed by atoms with van der Waals surface area (Å²) in [6.45, 7) is 3.14. The largest absolute Gasteiger partial charge is 0.480 e. The smallest absolute Gasteiger partial charge is 0.317 e. The molecular weight excluding hydrogens is 351 g/mol. The van der Waals surface area contributed by atoms with Gasteiger partial charge in [0.05, 0.1) is 6.54 Å². The number of carbonyl (C=O) groups excluding carboxylic acids is 1. The first kappa shape index (κ1) is 19.2. The summed E-state index contributed by atoms with van der Waals surface area (Å²) in [5.74, 6) is -1.11. The molecule has 2 amide bonds. The van der Waals surface area contributed by atoms with Crippen LogP contribution in [0.5, 0.6) is 0 Å². The highest BCUT2D eigenvalue weighted by Crippen LogP contribution is 2.25. The van der Waals surface area contributed by atoms with Crippen LogP contribution in [0.1, 0.15) is 25.3 Å². The fraction of sp³-hybridized carbons (Fsp3) is 0.474. The van der Waals surface area contributed by atoms with Crippen LogP contribution < -0.4 is 10.6 Å². The molecule has 27 heavy (non-hydrogen) atoms. The summed E-state index contributed by atoms with van der Waals surface area (Å²) in [5.41, 5.74) is 1.78. The van der Waals surface area contributed by atoms with Gasteiger partial charge in [-0.15, -0.1) is 0 Å². The van der Waals surface area contributed by atoms with Crippen LogP contribution in [0.2, 0.25) is 0 Å². The maximum absolute atomic E-state index is 13.2. The van der Waals surface area contributed by atoms with Gasteiger partial charge in [-0.2, -0.15) is 0 Å². The molecule has 4 N–H and O–H groups in total. The molecule has 0 radical (unpaired) electrons. The van der Waals surface area contributed by atoms with E-state index < -0.39 is 5.97 Å². The van der Waals surface area contributed by atoms with Crippen LogP contribution in [0.15, 0.2) is 24.4 Å². The standard InChI is InChI=1S/C19H25FN4O3/c1-2-24(11-18(25)26)15-8-14(9-15)23-19(27)21-6-5-12-10-22-17-7-13(20)3-4-16(12)17/h3-4,7,10,14-15,22H,2,5-6,8-9,11H2,1H3,(H,25,26)(H2,21,23,27). The molecule has 1 saturated carbocycles. The lowest BCUT2D eigenvalue weighted by molar-refractivity contribution is -0.139. The van der Waals surface area contributed by atoms with Crippen molar-refractivity contribution in [2.45, 2.75) is 38.3 Å². The number of benzene rings is 1. The first-order valence-electron chi connectivity index (χ1n) is 9.22. The summed E-state index contributed by atoms with van der Waals surface area (Å²) in [6, 6.07) is 4.69. The number of aromatic amines is 1. The van der Waals surface area contributed by atoms with Gasteiger partial charge in [0, 0.05) is 35.7 Å². The number of carboxylic acids is 1. The molecule has 146 valence electrons. The van der Waals surface area contributed by atoms with E-state index in [0.29, 0.717) is 19.5 Å². The van der Waals surface area contributed by atoms with Crippen LogP contribution in [-0.2, 0) is 11.2 Å². The van der Waals surface area contributed by atoms with E-state index in [1.165, 1.54) is 12.1 Å². The van der Waals surface area contributed by atoms with Crippen LogP contribution in [0.3, 0.4) is 0 Å². The molecule has 1 fully saturated rings. The van der Waals surface area contributed by atoms with Gasteiger partial charge in [-0.3, -0.25) is 9.69 Å². The van der Waals surface area contributed by atoms with Gasteiger partial charge in [-0.05, 0) is 49.6 Å². The predicted octanol–water partition coefficient (Wildman–Crippen LogP) is 2.09. The van der Waals surface area contributed by atoms with E-state index in [1.54, 1.807) is 6.07 Å². The van der Waals surface area contributed by atoms with Gasteiger partial charge in [-0.25, -0.2) is 9.18 Å². The number of amides is 2. The van der Waals surface area contributed by atoms with Gasteiger partial charge < -0.3 is 20.7 Å². The van der Waals surface area contributed by atoms with Crippen molar-refractivity contribution >= 4 is 22.9 Å². The normalized spacial score (nSPS) is 19.1. The number of aliphatic carboxylic acids is 1. The summed E-state index contributed by atoms with van der Waals surface area (Å²) in [6.07, 6.45) is 4.02. The van der Waals surface area contributed by atoms with Gasteiger partial charge >= 0.3 is 12.0 Å². The average Bonchev–Trinajstić information content (AvgIpc) is 2.98. The van der Waals surface area contributed by atoms with Gasteiger partial charge in [0.2, 0.25) is 0 Å². The van der Waals surface area contributed by atoms with Gasteiger partial charge in [0.25, 0.3) is 0 Å². The number of H-pyrrole nitrogens is 1. The number of rotatable bonds is 8. The number of likely N-dealkylation sites (N-methyl/N-ethyl adjacent to an activating group) is 1. The Morgan fingerprint density at radius 1 is 1.37 bits per heavy atom. The quantitative estimate of drug-likeness (QED) is 0.567. The van der Waals surface area contributed by atoms with E-state index in [1.807, 2.05) is 18.0 Å². The summed E-state index contributed by atoms with van der Waals surface area (Å²) in [4.78, 5) is 27.8. The van der Waals surface area contributed by atoms with Crippen molar-refractivity contribution in [3.63, 3.8) is 0 Å². The predicted molar refractivity (Wildman–Crippen MR) is 100 cm³/mol. The molecule has 0 unspecified atom stereocenters. The molecular formula is C19H25FN4O3. The van der Waals surface area contributed by atoms with Crippen molar-refractivity contribution in [2.24, 2.45) is 0 Å². The lowest BCUT2D eigenvalue weighted by Crippen LogP contribution is -2.56. The second-order valence-electron chi connectivity index (χ2n) is 6.93. The minimum Gasteiger partial charge on any atom is -0.480 e. The third-order valence-corrected chi connectivity index (χ3v) is 5.12. The number of nitrogens with zero attached hydrogens (tertiary/aromatic N) is 1. The molecule has 7 nitrogen and oxygen atoms in total. The fourth-order valence-electron chi connectivity index (χ4n) is 3.59. The summed E-state index contributed by atoms with van der Waals surface area (Å²) in [7, 11) is 0. The third-order valence-electron chi connectivity index (χ3n) is 5.12. The van der Waals surface area contributed by atoms with E-state index in [9.17, 15) is 14.0 Å². The summed E-state index contributed by atoms with van der Waals surface area (Å²) >= 11 is 0. The molecule has 0 saturated heterocycles. The van der Waals surface area contributed by atoms with Gasteiger partial charge in [0.15, 0.2) is 0 Å². The first-order valence-corrected chi connectivity index (χ1v) is 9.22. The monoisotopic (exact) mass is 376 g/mol. The summed E-state index contributed by atoms with van der Waals surface area (Å²) in [5, 5.41) is 15.6. The Balaban J connectivity index is 1.39. The molecule has 3 rings (SSSR count). The Hall–Kier alpha value is -2.61. The number of carbonyl (C=O) groups is 2. The van der Waals surface area contributed by atoms with Crippen molar-refractivity contribution < 1.29 is 19.1 Å². The number of hydrogen-bond acceptors (Lipinski definition) is 3. The zero-order chi connectivity index (χ0) is 19.4. The highest BCUT2D eigenvalue weighted by Gasteiger charge is 2.34. The van der Waals surface area contributed by atoms with E-state index in [-0.39, 0.29) is 30.5 Å². The van der Waals surface area contributed by atoms with E-state index in [2.05, 4.69) is 15.6 Å². The Morgan fingerprint density at radius 3 is 2.85 bits per heavy atom. The topological polar surface area (TPSA) is 97.5 Å². The first-order chi connectivity index (χ1) is 13.0. The third kappa shape index (κ3) is 4.77. The van der Waals surface area contributed by atoms with Crippen LogP contribution in [-0.4, -0.2) is 58.7 Å². The SMILES string of the molecule is CCN(CC(=O)O)C1CC(NC(=O)NCCc2c[nH]c3cc(F)ccc23)C1. The number of nitrogens with one attached hydrogen (secondary N) is 3. The second-order valence-corrected chi connectivity index (χ2v) is 6.93. The lowest BCUT2D eigenvalue weighted by atomic mass is 9.85. The highest BCUT2D eigenvalue weighted by molar-refractivity contribution is 5.83. The highest BCUT2D eigenvalue weighted by atomic mass is 19.1. The van der Waals surface area contributed by atoms with Gasteiger partial charge in [0.1, 0.15) is 5.82 Å². The molecule has 8 heteroatoms. The van der Waals surface area contributed by atoms with Crippen LogP contribution >= 0.6 is 0 Å². The molecule has 0 bridgehead atoms. The molecule has 0 spiro atoms. The average molecular weight is 376 g/mol. The van der Waals surface area contributed by atoms with Crippen molar-refractivity contribution in [3.05, 3.63) is 35.8 Å². The second kappa shape index (κ2) is 8.39. The van der Waals surface area contributed by atoms with Crippen molar-refractivity contribution in [3.8, 4) is 0 Å². The summed E-state index contributed by atoms with van der Waals surface area (Å²) < 4.78 is 13.2. The Labute approximate surface area is 156 Å². The van der Waals surface area contributed by atoms with Crippen LogP contribution in [0, 0.1) is 5.82 Å². The number of halogens is 1. The van der Waals surface area contributed by atoms with E-state index >= 15 is 0 Å².